The summed E-state index contributed by atoms with van der Waals surface area (Å²) in [7, 11) is 1.69. The van der Waals surface area contributed by atoms with Crippen molar-refractivity contribution in [2.75, 3.05) is 0 Å². The predicted molar refractivity (Wildman–Crippen MR) is 104 cm³/mol. The van der Waals surface area contributed by atoms with Gasteiger partial charge in [-0.25, -0.2) is 13.8 Å². The number of benzene rings is 1. The third-order valence-electron chi connectivity index (χ3n) is 4.47. The van der Waals surface area contributed by atoms with Crippen LogP contribution in [0.15, 0.2) is 48.7 Å². The Bertz CT molecular complexity index is 1070. The van der Waals surface area contributed by atoms with E-state index in [2.05, 4.69) is 10.3 Å². The molecule has 4 N–H and O–H groups in total. The maximum Gasteiger partial charge on any atom is 0.268 e. The highest BCUT2D eigenvalue weighted by Crippen LogP contribution is 2.23. The Balaban J connectivity index is 1.86. The fourth-order valence-corrected chi connectivity index (χ4v) is 2.96. The number of nitrogens with one attached hydrogen (secondary N) is 2. The number of hydrogen-bond acceptors (Lipinski definition) is 4. The number of rotatable bonds is 6. The molecule has 0 saturated heterocycles. The van der Waals surface area contributed by atoms with Crippen molar-refractivity contribution >= 4 is 28.7 Å². The Hall–Kier alpha value is -3.55. The van der Waals surface area contributed by atoms with Crippen molar-refractivity contribution in [1.29, 1.82) is 5.41 Å². The third-order valence-corrected chi connectivity index (χ3v) is 4.47. The largest absolute Gasteiger partial charge is 0.404 e. The van der Waals surface area contributed by atoms with Crippen LogP contribution < -0.4 is 11.1 Å². The molecule has 0 unspecified atom stereocenters. The number of nitrogens with two attached hydrogens (primary N) is 1. The molecule has 0 aliphatic rings. The zero-order chi connectivity index (χ0) is 20.3. The molecule has 2 aromatic heterocycles. The van der Waals surface area contributed by atoms with Crippen molar-refractivity contribution in [2.45, 2.75) is 13.0 Å². The molecule has 0 fully saturated rings. The molecule has 8 heteroatoms. The Morgan fingerprint density at radius 3 is 2.75 bits per heavy atom. The van der Waals surface area contributed by atoms with Gasteiger partial charge >= 0.3 is 0 Å². The van der Waals surface area contributed by atoms with Gasteiger partial charge in [-0.1, -0.05) is 24.3 Å². The van der Waals surface area contributed by atoms with Crippen LogP contribution in [0.5, 0.6) is 0 Å². The lowest BCUT2D eigenvalue weighted by molar-refractivity contribution is 0.0941. The highest BCUT2D eigenvalue weighted by Gasteiger charge is 2.17. The molecule has 0 aliphatic heterocycles. The first-order valence-corrected chi connectivity index (χ1v) is 8.49. The number of amides is 1. The van der Waals surface area contributed by atoms with E-state index in [1.165, 1.54) is 12.3 Å². The highest BCUT2D eigenvalue weighted by molar-refractivity contribution is 6.08. The number of aryl methyl sites for hydroxylation is 1. The minimum absolute atomic E-state index is 0.00653. The normalized spacial score (nSPS) is 11.8. The lowest BCUT2D eigenvalue weighted by Crippen LogP contribution is -2.25. The molecule has 0 aliphatic carbocycles. The monoisotopic (exact) mass is 383 g/mol. The van der Waals surface area contributed by atoms with Crippen LogP contribution in [-0.4, -0.2) is 21.7 Å². The minimum atomic E-state index is -2.60. The summed E-state index contributed by atoms with van der Waals surface area (Å²) in [4.78, 5) is 17.1. The molecule has 0 spiro atoms. The fourth-order valence-electron chi connectivity index (χ4n) is 2.96. The number of nitrogens with zero attached hydrogens (tertiary/aromatic N) is 2. The summed E-state index contributed by atoms with van der Waals surface area (Å²) >= 11 is 0. The Morgan fingerprint density at radius 2 is 2.07 bits per heavy atom. The number of fused-ring (bicyclic) bond motifs is 1. The van der Waals surface area contributed by atoms with Gasteiger partial charge in [-0.3, -0.25) is 4.79 Å². The molecule has 0 saturated carbocycles. The van der Waals surface area contributed by atoms with Crippen LogP contribution in [0.1, 0.15) is 33.7 Å². The number of alkyl halides is 2. The molecule has 3 rings (SSSR count). The second kappa shape index (κ2) is 7.99. The quantitative estimate of drug-likeness (QED) is 0.569. The van der Waals surface area contributed by atoms with Gasteiger partial charge in [0.25, 0.3) is 12.3 Å². The van der Waals surface area contributed by atoms with Crippen LogP contribution in [-0.2, 0) is 13.6 Å². The van der Waals surface area contributed by atoms with E-state index in [0.717, 1.165) is 11.6 Å². The van der Waals surface area contributed by atoms with Crippen LogP contribution in [0.3, 0.4) is 0 Å². The van der Waals surface area contributed by atoms with Gasteiger partial charge in [-0.15, -0.1) is 0 Å². The number of allylic oxidation sites excluding steroid dienone is 1. The number of carbonyl (C=O) groups excluding carboxylic acids is 1. The molecule has 0 radical (unpaired) electrons. The maximum atomic E-state index is 13.1. The van der Waals surface area contributed by atoms with Gasteiger partial charge in [0, 0.05) is 42.5 Å². The predicted octanol–water partition coefficient (Wildman–Crippen LogP) is 3.39. The highest BCUT2D eigenvalue weighted by atomic mass is 19.3. The standard InChI is InChI=1S/C20H19F2N5O/c1-27-17(8-12-6-7-16(26-19(12)27)14(9-23)10-24)20(28)25-11-13-4-2-3-5-15(13)18(21)22/h2-10,18,23H,11,24H2,1H3,(H,25,28)/b14-10+,23-9?. The van der Waals surface area contributed by atoms with Crippen molar-refractivity contribution in [3.05, 3.63) is 71.2 Å². The lowest BCUT2D eigenvalue weighted by atomic mass is 10.1. The van der Waals surface area contributed by atoms with E-state index in [-0.39, 0.29) is 12.1 Å². The maximum absolute atomic E-state index is 13.1. The molecular weight excluding hydrogens is 364 g/mol. The molecule has 0 atom stereocenters. The van der Waals surface area contributed by atoms with E-state index < -0.39 is 12.3 Å². The summed E-state index contributed by atoms with van der Waals surface area (Å²) in [6, 6.07) is 11.3. The molecule has 2 heterocycles. The number of hydrogen-bond donors (Lipinski definition) is 3. The molecule has 144 valence electrons. The van der Waals surface area contributed by atoms with E-state index in [0.29, 0.717) is 28.2 Å². The van der Waals surface area contributed by atoms with Gasteiger partial charge in [0.05, 0.1) is 5.69 Å². The zero-order valence-corrected chi connectivity index (χ0v) is 15.1. The minimum Gasteiger partial charge on any atom is -0.404 e. The number of halogens is 2. The summed E-state index contributed by atoms with van der Waals surface area (Å²) < 4.78 is 27.8. The summed E-state index contributed by atoms with van der Waals surface area (Å²) in [6.45, 7) is -0.00653. The van der Waals surface area contributed by atoms with E-state index in [1.54, 1.807) is 48.0 Å². The van der Waals surface area contributed by atoms with Crippen LogP contribution in [0.4, 0.5) is 8.78 Å². The molecule has 3 aromatic rings. The smallest absolute Gasteiger partial charge is 0.268 e. The average molecular weight is 383 g/mol. The van der Waals surface area contributed by atoms with Crippen LogP contribution >= 0.6 is 0 Å². The van der Waals surface area contributed by atoms with Crippen molar-refractivity contribution in [3.8, 4) is 0 Å². The first-order chi connectivity index (χ1) is 13.5. The first kappa shape index (κ1) is 19.2. The average Bonchev–Trinajstić information content (AvgIpc) is 3.03. The van der Waals surface area contributed by atoms with Crippen LogP contribution in [0, 0.1) is 5.41 Å². The van der Waals surface area contributed by atoms with Gasteiger partial charge in [0.2, 0.25) is 0 Å². The van der Waals surface area contributed by atoms with Crippen molar-refractivity contribution in [2.24, 2.45) is 12.8 Å². The second-order valence-electron chi connectivity index (χ2n) is 6.15. The summed E-state index contributed by atoms with van der Waals surface area (Å²) in [5.74, 6) is -0.396. The van der Waals surface area contributed by atoms with Gasteiger partial charge in [0.15, 0.2) is 0 Å². The van der Waals surface area contributed by atoms with Gasteiger partial charge < -0.3 is 21.0 Å². The SMILES string of the molecule is Cn1c(C(=O)NCc2ccccc2C(F)F)cc2ccc(/C(C=N)=C/N)nc21. The van der Waals surface area contributed by atoms with E-state index in [1.807, 2.05) is 0 Å². The van der Waals surface area contributed by atoms with Crippen molar-refractivity contribution in [3.63, 3.8) is 0 Å². The van der Waals surface area contributed by atoms with E-state index in [4.69, 9.17) is 11.1 Å². The van der Waals surface area contributed by atoms with Gasteiger partial charge in [-0.2, -0.15) is 0 Å². The summed E-state index contributed by atoms with van der Waals surface area (Å²) in [6.07, 6.45) is -0.212. The van der Waals surface area contributed by atoms with Crippen molar-refractivity contribution < 1.29 is 13.6 Å². The van der Waals surface area contributed by atoms with E-state index >= 15 is 0 Å². The third kappa shape index (κ3) is 3.62. The fraction of sp³-hybridized carbons (Fsp3) is 0.150. The number of carbonyl (C=O) groups is 1. The second-order valence-corrected chi connectivity index (χ2v) is 6.15. The van der Waals surface area contributed by atoms with Gasteiger partial charge in [0.1, 0.15) is 11.3 Å². The zero-order valence-electron chi connectivity index (χ0n) is 15.1. The Morgan fingerprint density at radius 1 is 1.32 bits per heavy atom. The van der Waals surface area contributed by atoms with Crippen LogP contribution in [0.25, 0.3) is 16.6 Å². The van der Waals surface area contributed by atoms with Crippen molar-refractivity contribution in [1.82, 2.24) is 14.9 Å². The molecule has 0 bridgehead atoms. The molecule has 28 heavy (non-hydrogen) atoms. The molecular formula is C20H19F2N5O. The Kier molecular flexibility index (Phi) is 5.49. The summed E-state index contributed by atoms with van der Waals surface area (Å²) in [5, 5.41) is 10.8. The van der Waals surface area contributed by atoms with Gasteiger partial charge in [-0.05, 0) is 23.8 Å². The van der Waals surface area contributed by atoms with Crippen LogP contribution in [0.2, 0.25) is 0 Å². The lowest BCUT2D eigenvalue weighted by Gasteiger charge is -2.10. The summed E-state index contributed by atoms with van der Waals surface area (Å²) in [5.41, 5.74) is 7.65. The number of aromatic nitrogens is 2. The number of pyridine rings is 1. The Labute approximate surface area is 160 Å². The topological polar surface area (TPSA) is 96.8 Å². The molecule has 6 nitrogen and oxygen atoms in total. The van der Waals surface area contributed by atoms with E-state index in [9.17, 15) is 13.6 Å². The molecule has 1 amide bonds. The first-order valence-electron chi connectivity index (χ1n) is 8.49. The molecule has 1 aromatic carbocycles.